The number of benzene rings is 1. The van der Waals surface area contributed by atoms with Gasteiger partial charge in [0.2, 0.25) is 0 Å². The van der Waals surface area contributed by atoms with Gasteiger partial charge >= 0.3 is 0 Å². The summed E-state index contributed by atoms with van der Waals surface area (Å²) >= 11 is 6.09. The van der Waals surface area contributed by atoms with Crippen molar-refractivity contribution < 1.29 is 14.6 Å². The van der Waals surface area contributed by atoms with E-state index < -0.39 is 0 Å². The Hall–Kier alpha value is -1.54. The summed E-state index contributed by atoms with van der Waals surface area (Å²) < 4.78 is 5.36. The van der Waals surface area contributed by atoms with Crippen LogP contribution < -0.4 is 5.32 Å². The molecule has 2 atom stereocenters. The van der Waals surface area contributed by atoms with Crippen molar-refractivity contribution >= 4 is 17.5 Å². The summed E-state index contributed by atoms with van der Waals surface area (Å²) in [6.45, 7) is -0.224. The molecule has 0 aliphatic heterocycles. The third kappa shape index (κ3) is 3.98. The Morgan fingerprint density at radius 3 is 3.00 bits per heavy atom. The summed E-state index contributed by atoms with van der Waals surface area (Å²) in [5, 5.41) is 12.1. The van der Waals surface area contributed by atoms with Gasteiger partial charge < -0.3 is 15.2 Å². The number of methoxy groups -OCH3 is 1. The molecule has 1 aromatic carbocycles. The molecule has 0 bridgehead atoms. The minimum absolute atomic E-state index is 0.0510. The van der Waals surface area contributed by atoms with Crippen LogP contribution in [0.15, 0.2) is 18.2 Å². The van der Waals surface area contributed by atoms with Crippen LogP contribution in [-0.4, -0.2) is 36.9 Å². The van der Waals surface area contributed by atoms with Gasteiger partial charge in [-0.15, -0.1) is 0 Å². The first kappa shape index (κ1) is 15.8. The highest BCUT2D eigenvalue weighted by Gasteiger charge is 2.28. The Morgan fingerprint density at radius 2 is 2.33 bits per heavy atom. The second kappa shape index (κ2) is 7.46. The Labute approximate surface area is 129 Å². The molecule has 0 saturated heterocycles. The molecule has 0 heterocycles. The predicted molar refractivity (Wildman–Crippen MR) is 81.3 cm³/mol. The zero-order valence-electron chi connectivity index (χ0n) is 11.9. The monoisotopic (exact) mass is 307 g/mol. The Bertz CT molecular complexity index is 577. The number of amides is 1. The van der Waals surface area contributed by atoms with E-state index >= 15 is 0 Å². The number of rotatable bonds is 3. The molecule has 1 amide bonds. The minimum atomic E-state index is -0.224. The average Bonchev–Trinajstić information content (AvgIpc) is 2.93. The quantitative estimate of drug-likeness (QED) is 0.840. The van der Waals surface area contributed by atoms with Crippen LogP contribution in [0.2, 0.25) is 5.02 Å². The third-order valence-electron chi connectivity index (χ3n) is 3.61. The van der Waals surface area contributed by atoms with Gasteiger partial charge in [-0.25, -0.2) is 0 Å². The van der Waals surface area contributed by atoms with Crippen molar-refractivity contribution in [3.05, 3.63) is 34.3 Å². The summed E-state index contributed by atoms with van der Waals surface area (Å²) in [4.78, 5) is 12.2. The van der Waals surface area contributed by atoms with Crippen LogP contribution in [0.3, 0.4) is 0 Å². The molecule has 21 heavy (non-hydrogen) atoms. The van der Waals surface area contributed by atoms with E-state index in [2.05, 4.69) is 17.2 Å². The first-order chi connectivity index (χ1) is 10.2. The number of hydrogen-bond donors (Lipinski definition) is 2. The molecule has 0 spiro atoms. The predicted octanol–water partition coefficient (Wildman–Crippen LogP) is 1.98. The van der Waals surface area contributed by atoms with E-state index in [1.165, 1.54) is 0 Å². The molecular formula is C16H18ClNO3. The molecule has 0 radical (unpaired) electrons. The first-order valence-electron chi connectivity index (χ1n) is 6.88. The largest absolute Gasteiger partial charge is 0.384 e. The number of carbonyl (C=O) groups is 1. The van der Waals surface area contributed by atoms with Crippen molar-refractivity contribution in [3.8, 4) is 11.8 Å². The van der Waals surface area contributed by atoms with Gasteiger partial charge in [0.1, 0.15) is 6.61 Å². The molecule has 1 saturated carbocycles. The van der Waals surface area contributed by atoms with Crippen molar-refractivity contribution in [2.75, 3.05) is 13.7 Å². The molecule has 5 heteroatoms. The molecule has 2 unspecified atom stereocenters. The van der Waals surface area contributed by atoms with E-state index in [1.807, 2.05) is 0 Å². The van der Waals surface area contributed by atoms with Gasteiger partial charge in [-0.3, -0.25) is 4.79 Å². The van der Waals surface area contributed by atoms with Crippen LogP contribution in [0.5, 0.6) is 0 Å². The smallest absolute Gasteiger partial charge is 0.251 e. The SMILES string of the molecule is COC1CCCC1NC(=O)c1ccc(C#CCO)c(Cl)c1. The summed E-state index contributed by atoms with van der Waals surface area (Å²) in [6, 6.07) is 5.01. The molecule has 1 fully saturated rings. The van der Waals surface area contributed by atoms with Crippen LogP contribution >= 0.6 is 11.6 Å². The number of nitrogens with one attached hydrogen (secondary N) is 1. The van der Waals surface area contributed by atoms with Gasteiger partial charge in [-0.1, -0.05) is 23.4 Å². The highest BCUT2D eigenvalue weighted by atomic mass is 35.5. The highest BCUT2D eigenvalue weighted by Crippen LogP contribution is 2.22. The zero-order chi connectivity index (χ0) is 15.2. The number of aliphatic hydroxyl groups excluding tert-OH is 1. The van der Waals surface area contributed by atoms with Crippen LogP contribution in [-0.2, 0) is 4.74 Å². The van der Waals surface area contributed by atoms with Gasteiger partial charge in [-0.2, -0.15) is 0 Å². The van der Waals surface area contributed by atoms with E-state index in [1.54, 1.807) is 25.3 Å². The third-order valence-corrected chi connectivity index (χ3v) is 3.92. The Morgan fingerprint density at radius 1 is 1.52 bits per heavy atom. The molecule has 2 rings (SSSR count). The number of aliphatic hydroxyl groups is 1. The summed E-state index contributed by atoms with van der Waals surface area (Å²) in [5.41, 5.74) is 1.09. The first-order valence-corrected chi connectivity index (χ1v) is 7.26. The lowest BCUT2D eigenvalue weighted by Gasteiger charge is -2.19. The van der Waals surface area contributed by atoms with E-state index in [0.29, 0.717) is 16.1 Å². The molecule has 0 aromatic heterocycles. The van der Waals surface area contributed by atoms with Crippen LogP contribution in [0.25, 0.3) is 0 Å². The summed E-state index contributed by atoms with van der Waals surface area (Å²) in [5.74, 6) is 5.10. The lowest BCUT2D eigenvalue weighted by molar-refractivity contribution is 0.0722. The Kier molecular flexibility index (Phi) is 5.63. The molecule has 4 nitrogen and oxygen atoms in total. The molecule has 112 valence electrons. The molecular weight excluding hydrogens is 290 g/mol. The lowest BCUT2D eigenvalue weighted by atomic mass is 10.1. The Balaban J connectivity index is 2.07. The number of carbonyl (C=O) groups excluding carboxylic acids is 1. The van der Waals surface area contributed by atoms with Gasteiger partial charge in [0.05, 0.1) is 17.2 Å². The number of halogens is 1. The van der Waals surface area contributed by atoms with E-state index in [0.717, 1.165) is 19.3 Å². The van der Waals surface area contributed by atoms with E-state index in [9.17, 15) is 4.79 Å². The van der Waals surface area contributed by atoms with Gasteiger partial charge in [0.15, 0.2) is 0 Å². The van der Waals surface area contributed by atoms with E-state index in [-0.39, 0.29) is 24.7 Å². The fourth-order valence-corrected chi connectivity index (χ4v) is 2.75. The van der Waals surface area contributed by atoms with Crippen molar-refractivity contribution in [2.45, 2.75) is 31.4 Å². The van der Waals surface area contributed by atoms with Crippen molar-refractivity contribution in [1.82, 2.24) is 5.32 Å². The molecule has 2 N–H and O–H groups in total. The molecule has 1 aliphatic carbocycles. The van der Waals surface area contributed by atoms with Crippen LogP contribution in [0, 0.1) is 11.8 Å². The second-order valence-electron chi connectivity index (χ2n) is 4.94. The minimum Gasteiger partial charge on any atom is -0.384 e. The highest BCUT2D eigenvalue weighted by molar-refractivity contribution is 6.32. The van der Waals surface area contributed by atoms with Crippen molar-refractivity contribution in [2.24, 2.45) is 0 Å². The van der Waals surface area contributed by atoms with Gasteiger partial charge in [-0.05, 0) is 37.5 Å². The van der Waals surface area contributed by atoms with Crippen molar-refractivity contribution in [3.63, 3.8) is 0 Å². The number of ether oxygens (including phenoxy) is 1. The maximum absolute atomic E-state index is 12.2. The van der Waals surface area contributed by atoms with Crippen LogP contribution in [0.1, 0.15) is 35.2 Å². The topological polar surface area (TPSA) is 58.6 Å². The molecule has 1 aromatic rings. The van der Waals surface area contributed by atoms with E-state index in [4.69, 9.17) is 21.4 Å². The average molecular weight is 308 g/mol. The van der Waals surface area contributed by atoms with Gasteiger partial charge in [0, 0.05) is 18.2 Å². The number of hydrogen-bond acceptors (Lipinski definition) is 3. The maximum Gasteiger partial charge on any atom is 0.251 e. The lowest BCUT2D eigenvalue weighted by Crippen LogP contribution is -2.40. The summed E-state index contributed by atoms with van der Waals surface area (Å²) in [6.07, 6.45) is 3.04. The second-order valence-corrected chi connectivity index (χ2v) is 5.35. The molecule has 1 aliphatic rings. The fraction of sp³-hybridized carbons (Fsp3) is 0.438. The summed E-state index contributed by atoms with van der Waals surface area (Å²) in [7, 11) is 1.67. The standard InChI is InChI=1S/C16H18ClNO3/c1-21-15-6-2-5-14(15)18-16(20)12-8-7-11(4-3-9-19)13(17)10-12/h7-8,10,14-15,19H,2,5-6,9H2,1H3,(H,18,20). The maximum atomic E-state index is 12.2. The normalized spacial score (nSPS) is 20.7. The van der Waals surface area contributed by atoms with Gasteiger partial charge in [0.25, 0.3) is 5.91 Å². The zero-order valence-corrected chi connectivity index (χ0v) is 12.6. The van der Waals surface area contributed by atoms with Crippen LogP contribution in [0.4, 0.5) is 0 Å². The van der Waals surface area contributed by atoms with Crippen molar-refractivity contribution in [1.29, 1.82) is 0 Å². The fourth-order valence-electron chi connectivity index (χ4n) is 2.52.